The van der Waals surface area contributed by atoms with Gasteiger partial charge in [-0.25, -0.2) is 0 Å². The Morgan fingerprint density at radius 2 is 2.11 bits per heavy atom. The van der Waals surface area contributed by atoms with Gasteiger partial charge in [0, 0.05) is 22.3 Å². The number of nitrogens with zero attached hydrogens (tertiary/aromatic N) is 4. The lowest BCUT2D eigenvalue weighted by Crippen LogP contribution is -2.14. The zero-order valence-electron chi connectivity index (χ0n) is 14.9. The SMILES string of the molecule is CC(C)Oc1ccc(-c2nc(N3CCc4cc(Br)ccc43)no2)cc1C#N. The minimum atomic E-state index is -0.00627. The van der Waals surface area contributed by atoms with E-state index in [1.807, 2.05) is 36.9 Å². The zero-order chi connectivity index (χ0) is 19.0. The highest BCUT2D eigenvalue weighted by atomic mass is 79.9. The van der Waals surface area contributed by atoms with Crippen molar-refractivity contribution in [1.29, 1.82) is 5.26 Å². The van der Waals surface area contributed by atoms with Crippen molar-refractivity contribution in [1.82, 2.24) is 10.1 Å². The number of hydrogen-bond acceptors (Lipinski definition) is 6. The van der Waals surface area contributed by atoms with Crippen molar-refractivity contribution in [2.24, 2.45) is 0 Å². The van der Waals surface area contributed by atoms with E-state index >= 15 is 0 Å². The van der Waals surface area contributed by atoms with Gasteiger partial charge >= 0.3 is 0 Å². The van der Waals surface area contributed by atoms with E-state index in [0.29, 0.717) is 28.7 Å². The molecule has 0 bridgehead atoms. The molecule has 0 fully saturated rings. The van der Waals surface area contributed by atoms with Crippen LogP contribution in [0.2, 0.25) is 0 Å². The molecule has 0 N–H and O–H groups in total. The summed E-state index contributed by atoms with van der Waals surface area (Å²) in [5.41, 5.74) is 3.47. The van der Waals surface area contributed by atoms with Gasteiger partial charge in [0.1, 0.15) is 11.8 Å². The summed E-state index contributed by atoms with van der Waals surface area (Å²) in [6.45, 7) is 4.65. The normalized spacial score (nSPS) is 12.9. The molecule has 1 aliphatic rings. The first-order chi connectivity index (χ1) is 13.0. The predicted molar refractivity (Wildman–Crippen MR) is 105 cm³/mol. The Balaban J connectivity index is 1.64. The van der Waals surface area contributed by atoms with Crippen LogP contribution in [0.25, 0.3) is 11.5 Å². The average Bonchev–Trinajstić information content (AvgIpc) is 3.28. The van der Waals surface area contributed by atoms with E-state index in [0.717, 1.165) is 23.1 Å². The van der Waals surface area contributed by atoms with Crippen molar-refractivity contribution >= 4 is 27.6 Å². The van der Waals surface area contributed by atoms with Gasteiger partial charge in [-0.2, -0.15) is 10.2 Å². The lowest BCUT2D eigenvalue weighted by atomic mass is 10.1. The Labute approximate surface area is 165 Å². The number of fused-ring (bicyclic) bond motifs is 1. The molecule has 4 rings (SSSR count). The number of anilines is 2. The molecule has 0 saturated heterocycles. The summed E-state index contributed by atoms with van der Waals surface area (Å²) in [5, 5.41) is 13.5. The Morgan fingerprint density at radius 1 is 1.26 bits per heavy atom. The number of nitriles is 1. The molecular formula is C20H17BrN4O2. The molecule has 0 aliphatic carbocycles. The van der Waals surface area contributed by atoms with Crippen molar-refractivity contribution < 1.29 is 9.26 Å². The van der Waals surface area contributed by atoms with E-state index in [9.17, 15) is 5.26 Å². The van der Waals surface area contributed by atoms with E-state index in [1.54, 1.807) is 12.1 Å². The molecule has 2 aromatic carbocycles. The second-order valence-electron chi connectivity index (χ2n) is 6.56. The first kappa shape index (κ1) is 17.6. The average molecular weight is 425 g/mol. The minimum absolute atomic E-state index is 0.00627. The molecule has 0 unspecified atom stereocenters. The monoisotopic (exact) mass is 424 g/mol. The Kier molecular flexibility index (Phi) is 4.58. The first-order valence-electron chi connectivity index (χ1n) is 8.66. The fraction of sp³-hybridized carbons (Fsp3) is 0.250. The molecule has 0 amide bonds. The molecule has 1 aliphatic heterocycles. The molecule has 7 heteroatoms. The van der Waals surface area contributed by atoms with Crippen LogP contribution in [0.15, 0.2) is 45.4 Å². The van der Waals surface area contributed by atoms with Crippen LogP contribution in [0.5, 0.6) is 5.75 Å². The van der Waals surface area contributed by atoms with Gasteiger partial charge in [-0.15, -0.1) is 0 Å². The molecule has 0 radical (unpaired) electrons. The number of ether oxygens (including phenoxy) is 1. The minimum Gasteiger partial charge on any atom is -0.490 e. The van der Waals surface area contributed by atoms with Crippen molar-refractivity contribution in [2.45, 2.75) is 26.4 Å². The van der Waals surface area contributed by atoms with Gasteiger partial charge in [0.2, 0.25) is 0 Å². The maximum absolute atomic E-state index is 9.40. The summed E-state index contributed by atoms with van der Waals surface area (Å²) < 4.78 is 12.2. The summed E-state index contributed by atoms with van der Waals surface area (Å²) in [4.78, 5) is 6.57. The first-order valence-corrected chi connectivity index (χ1v) is 9.45. The van der Waals surface area contributed by atoms with Gasteiger partial charge in [-0.1, -0.05) is 15.9 Å². The van der Waals surface area contributed by atoms with Crippen LogP contribution >= 0.6 is 15.9 Å². The van der Waals surface area contributed by atoms with Crippen LogP contribution < -0.4 is 9.64 Å². The van der Waals surface area contributed by atoms with Crippen LogP contribution in [0.3, 0.4) is 0 Å². The van der Waals surface area contributed by atoms with E-state index in [1.165, 1.54) is 5.56 Å². The van der Waals surface area contributed by atoms with Gasteiger partial charge in [0.25, 0.3) is 11.8 Å². The lowest BCUT2D eigenvalue weighted by molar-refractivity contribution is 0.242. The largest absolute Gasteiger partial charge is 0.490 e. The van der Waals surface area contributed by atoms with Crippen molar-refractivity contribution in [3.05, 3.63) is 52.0 Å². The molecule has 0 spiro atoms. The summed E-state index contributed by atoms with van der Waals surface area (Å²) in [5.74, 6) is 1.45. The van der Waals surface area contributed by atoms with Crippen LogP contribution in [0.4, 0.5) is 11.6 Å². The van der Waals surface area contributed by atoms with Gasteiger partial charge in [-0.3, -0.25) is 0 Å². The van der Waals surface area contributed by atoms with Gasteiger partial charge in [-0.05, 0) is 67.4 Å². The van der Waals surface area contributed by atoms with E-state index in [-0.39, 0.29) is 6.10 Å². The quantitative estimate of drug-likeness (QED) is 0.595. The molecule has 3 aromatic rings. The third kappa shape index (κ3) is 3.40. The zero-order valence-corrected chi connectivity index (χ0v) is 16.5. The Bertz CT molecular complexity index is 1040. The van der Waals surface area contributed by atoms with E-state index in [4.69, 9.17) is 9.26 Å². The summed E-state index contributed by atoms with van der Waals surface area (Å²) in [6, 6.07) is 13.6. The predicted octanol–water partition coefficient (Wildman–Crippen LogP) is 4.85. The molecule has 27 heavy (non-hydrogen) atoms. The van der Waals surface area contributed by atoms with Gasteiger partial charge in [0.15, 0.2) is 0 Å². The highest BCUT2D eigenvalue weighted by molar-refractivity contribution is 9.10. The van der Waals surface area contributed by atoms with Gasteiger partial charge < -0.3 is 14.2 Å². The fourth-order valence-corrected chi connectivity index (χ4v) is 3.54. The topological polar surface area (TPSA) is 75.2 Å². The molecule has 6 nitrogen and oxygen atoms in total. The summed E-state index contributed by atoms with van der Waals surface area (Å²) in [7, 11) is 0. The third-order valence-electron chi connectivity index (χ3n) is 4.30. The number of benzene rings is 2. The van der Waals surface area contributed by atoms with Crippen molar-refractivity contribution in [3.8, 4) is 23.3 Å². The number of halogens is 1. The van der Waals surface area contributed by atoms with E-state index in [2.05, 4.69) is 38.2 Å². The number of aromatic nitrogens is 2. The van der Waals surface area contributed by atoms with Crippen LogP contribution in [-0.4, -0.2) is 22.8 Å². The summed E-state index contributed by atoms with van der Waals surface area (Å²) in [6.07, 6.45) is 0.923. The Hall–Kier alpha value is -2.85. The standard InChI is InChI=1S/C20H17BrN4O2/c1-12(2)26-18-6-3-14(9-15(18)11-22)19-23-20(24-27-19)25-8-7-13-10-16(21)4-5-17(13)25/h3-6,9-10,12H,7-8H2,1-2H3. The highest BCUT2D eigenvalue weighted by Gasteiger charge is 2.25. The molecule has 0 atom stereocenters. The van der Waals surface area contributed by atoms with E-state index < -0.39 is 0 Å². The second kappa shape index (κ2) is 7.05. The highest BCUT2D eigenvalue weighted by Crippen LogP contribution is 2.35. The maximum atomic E-state index is 9.40. The number of hydrogen-bond donors (Lipinski definition) is 0. The van der Waals surface area contributed by atoms with Gasteiger partial charge in [0.05, 0.1) is 11.7 Å². The molecule has 136 valence electrons. The molecular weight excluding hydrogens is 408 g/mol. The smallest absolute Gasteiger partial charge is 0.270 e. The number of rotatable bonds is 4. The third-order valence-corrected chi connectivity index (χ3v) is 4.80. The maximum Gasteiger partial charge on any atom is 0.270 e. The fourth-order valence-electron chi connectivity index (χ4n) is 3.13. The van der Waals surface area contributed by atoms with Crippen molar-refractivity contribution in [3.63, 3.8) is 0 Å². The van der Waals surface area contributed by atoms with Crippen LogP contribution in [0, 0.1) is 11.3 Å². The lowest BCUT2D eigenvalue weighted by Gasteiger charge is -2.13. The Morgan fingerprint density at radius 3 is 2.89 bits per heavy atom. The molecule has 0 saturated carbocycles. The van der Waals surface area contributed by atoms with Crippen LogP contribution in [0.1, 0.15) is 25.0 Å². The second-order valence-corrected chi connectivity index (χ2v) is 7.48. The van der Waals surface area contributed by atoms with Crippen LogP contribution in [-0.2, 0) is 6.42 Å². The molecule has 1 aromatic heterocycles. The molecule has 2 heterocycles. The summed E-state index contributed by atoms with van der Waals surface area (Å²) >= 11 is 3.50. The van der Waals surface area contributed by atoms with Crippen molar-refractivity contribution in [2.75, 3.05) is 11.4 Å².